The van der Waals surface area contributed by atoms with Crippen molar-refractivity contribution in [2.45, 2.75) is 37.5 Å². The minimum atomic E-state index is -6.00. The molecule has 0 amide bonds. The number of phenols is 1. The number of hydrogen-bond donors (Lipinski definition) is 4. The first-order valence-corrected chi connectivity index (χ1v) is 10.0. The van der Waals surface area contributed by atoms with Crippen molar-refractivity contribution in [1.82, 2.24) is 0 Å². The fourth-order valence-electron chi connectivity index (χ4n) is 3.86. The minimum absolute atomic E-state index is 0.0184. The van der Waals surface area contributed by atoms with Gasteiger partial charge in [0.2, 0.25) is 0 Å². The van der Waals surface area contributed by atoms with Crippen LogP contribution in [0.2, 0.25) is 0 Å². The number of alkyl halides is 6. The molecule has 0 radical (unpaired) electrons. The summed E-state index contributed by atoms with van der Waals surface area (Å²) in [6.45, 7) is 4.44. The van der Waals surface area contributed by atoms with Crippen molar-refractivity contribution < 1.29 is 31.4 Å². The van der Waals surface area contributed by atoms with Gasteiger partial charge in [-0.05, 0) is 64.2 Å². The van der Waals surface area contributed by atoms with Gasteiger partial charge >= 0.3 is 12.1 Å². The third kappa shape index (κ3) is 4.32. The van der Waals surface area contributed by atoms with Crippen LogP contribution in [0.5, 0.6) is 5.75 Å². The van der Waals surface area contributed by atoms with E-state index in [1.54, 1.807) is 0 Å². The maximum atomic E-state index is 13.1. The van der Waals surface area contributed by atoms with Crippen molar-refractivity contribution in [3.05, 3.63) is 71.3 Å². The average molecular weight is 483 g/mol. The fraction of sp³-hybridized carbons (Fsp3) is 0.250. The van der Waals surface area contributed by atoms with Crippen LogP contribution in [-0.2, 0) is 5.41 Å². The summed E-state index contributed by atoms with van der Waals surface area (Å²) in [5.41, 5.74) is 22.2. The molecule has 7 N–H and O–H groups in total. The SMILES string of the molecule is CC1(C)c2cc(N)ccc2-c2ccc(N)cc21.Nc1cc(C(F)C(F)(F)C(F)(F)F)ccc1O. The highest BCUT2D eigenvalue weighted by Gasteiger charge is 2.63. The number of fused-ring (bicyclic) bond motifs is 3. The molecule has 1 atom stereocenters. The second-order valence-electron chi connectivity index (χ2n) is 8.54. The Morgan fingerprint density at radius 2 is 1.24 bits per heavy atom. The van der Waals surface area contributed by atoms with E-state index in [-0.39, 0.29) is 5.41 Å². The zero-order valence-corrected chi connectivity index (χ0v) is 18.2. The molecule has 4 rings (SSSR count). The van der Waals surface area contributed by atoms with Crippen LogP contribution in [-0.4, -0.2) is 17.2 Å². The van der Waals surface area contributed by atoms with Gasteiger partial charge in [0.25, 0.3) is 0 Å². The van der Waals surface area contributed by atoms with E-state index in [9.17, 15) is 26.3 Å². The van der Waals surface area contributed by atoms with Gasteiger partial charge in [0, 0.05) is 16.8 Å². The normalized spacial score (nSPS) is 15.1. The van der Waals surface area contributed by atoms with Gasteiger partial charge in [0.05, 0.1) is 5.69 Å². The Morgan fingerprint density at radius 3 is 1.65 bits per heavy atom. The standard InChI is InChI=1S/C15H16N2.C9H7F6NO/c1-15(2)13-7-9(16)3-5-11(13)12-6-4-10(17)8-14(12)15;10-7(8(11,12)9(13,14)15)4-1-2-6(17)5(16)3-4/h3-8H,16-17H2,1-2H3;1-3,7,17H,16H2. The van der Waals surface area contributed by atoms with E-state index >= 15 is 0 Å². The summed E-state index contributed by atoms with van der Waals surface area (Å²) in [6.07, 6.45) is -9.58. The molecule has 0 spiro atoms. The van der Waals surface area contributed by atoms with Gasteiger partial charge in [0.15, 0.2) is 6.17 Å². The van der Waals surface area contributed by atoms with Gasteiger partial charge in [-0.1, -0.05) is 32.0 Å². The minimum Gasteiger partial charge on any atom is -0.506 e. The first-order chi connectivity index (χ1) is 15.6. The molecule has 10 heteroatoms. The molecular formula is C24H23F6N3O. The second-order valence-corrected chi connectivity index (χ2v) is 8.54. The van der Waals surface area contributed by atoms with Crippen LogP contribution in [0.15, 0.2) is 54.6 Å². The highest BCUT2D eigenvalue weighted by Crippen LogP contribution is 2.50. The molecule has 0 fully saturated rings. The number of benzene rings is 3. The van der Waals surface area contributed by atoms with Crippen LogP contribution >= 0.6 is 0 Å². The Balaban J connectivity index is 0.000000191. The first-order valence-electron chi connectivity index (χ1n) is 10.0. The Hall–Kier alpha value is -3.56. The molecular weight excluding hydrogens is 460 g/mol. The van der Waals surface area contributed by atoms with Crippen LogP contribution in [0.3, 0.4) is 0 Å². The van der Waals surface area contributed by atoms with Gasteiger partial charge in [0.1, 0.15) is 5.75 Å². The number of anilines is 3. The van der Waals surface area contributed by atoms with Gasteiger partial charge < -0.3 is 22.3 Å². The summed E-state index contributed by atoms with van der Waals surface area (Å²) >= 11 is 0. The zero-order chi connectivity index (χ0) is 25.6. The van der Waals surface area contributed by atoms with Crippen molar-refractivity contribution in [3.63, 3.8) is 0 Å². The second kappa shape index (κ2) is 8.34. The Labute approximate surface area is 192 Å². The molecule has 0 saturated carbocycles. The molecule has 1 aliphatic rings. The molecule has 0 heterocycles. The summed E-state index contributed by atoms with van der Waals surface area (Å²) in [5, 5.41) is 8.93. The molecule has 0 saturated heterocycles. The third-order valence-corrected chi connectivity index (χ3v) is 5.76. The first kappa shape index (κ1) is 25.1. The van der Waals surface area contributed by atoms with Gasteiger partial charge in [-0.3, -0.25) is 0 Å². The van der Waals surface area contributed by atoms with Gasteiger partial charge in [-0.15, -0.1) is 0 Å². The topological polar surface area (TPSA) is 98.3 Å². The van der Waals surface area contributed by atoms with Crippen molar-refractivity contribution >= 4 is 17.1 Å². The molecule has 3 aromatic carbocycles. The number of phenolic OH excluding ortho intramolecular Hbond substituents is 1. The molecule has 1 unspecified atom stereocenters. The van der Waals surface area contributed by atoms with E-state index in [4.69, 9.17) is 22.3 Å². The molecule has 3 aromatic rings. The van der Waals surface area contributed by atoms with Crippen LogP contribution in [0.4, 0.5) is 43.4 Å². The quantitative estimate of drug-likeness (QED) is 0.194. The number of hydrogen-bond acceptors (Lipinski definition) is 4. The van der Waals surface area contributed by atoms with Gasteiger partial charge in [-0.25, -0.2) is 4.39 Å². The Kier molecular flexibility index (Phi) is 6.15. The van der Waals surface area contributed by atoms with Crippen molar-refractivity contribution in [1.29, 1.82) is 0 Å². The fourth-order valence-corrected chi connectivity index (χ4v) is 3.86. The van der Waals surface area contributed by atoms with E-state index in [1.807, 2.05) is 12.1 Å². The lowest BCUT2D eigenvalue weighted by molar-refractivity contribution is -0.305. The summed E-state index contributed by atoms with van der Waals surface area (Å²) < 4.78 is 74.0. The van der Waals surface area contributed by atoms with Crippen molar-refractivity contribution in [2.75, 3.05) is 17.2 Å². The van der Waals surface area contributed by atoms with E-state index in [0.29, 0.717) is 12.1 Å². The van der Waals surface area contributed by atoms with Gasteiger partial charge in [-0.2, -0.15) is 22.0 Å². The summed E-state index contributed by atoms with van der Waals surface area (Å²) in [4.78, 5) is 0. The van der Waals surface area contributed by atoms with Crippen molar-refractivity contribution in [2.24, 2.45) is 0 Å². The lowest BCUT2D eigenvalue weighted by atomic mass is 9.82. The van der Waals surface area contributed by atoms with E-state index < -0.39 is 35.3 Å². The number of nitrogens with two attached hydrogens (primary N) is 3. The van der Waals surface area contributed by atoms with E-state index in [2.05, 4.69) is 38.1 Å². The van der Waals surface area contributed by atoms with Crippen molar-refractivity contribution in [3.8, 4) is 16.9 Å². The third-order valence-electron chi connectivity index (χ3n) is 5.76. The molecule has 34 heavy (non-hydrogen) atoms. The summed E-state index contributed by atoms with van der Waals surface area (Å²) in [7, 11) is 0. The summed E-state index contributed by atoms with van der Waals surface area (Å²) in [6, 6.07) is 14.2. The number of nitrogen functional groups attached to an aromatic ring is 3. The highest BCUT2D eigenvalue weighted by atomic mass is 19.4. The van der Waals surface area contributed by atoms with Crippen LogP contribution < -0.4 is 17.2 Å². The van der Waals surface area contributed by atoms with Crippen LogP contribution in [0.1, 0.15) is 36.7 Å². The smallest absolute Gasteiger partial charge is 0.456 e. The molecule has 1 aliphatic carbocycles. The predicted molar refractivity (Wildman–Crippen MR) is 120 cm³/mol. The Bertz CT molecular complexity index is 1170. The number of rotatable bonds is 2. The zero-order valence-electron chi connectivity index (χ0n) is 18.2. The molecule has 0 aromatic heterocycles. The van der Waals surface area contributed by atoms with E-state index in [1.165, 1.54) is 22.3 Å². The van der Waals surface area contributed by atoms with Crippen LogP contribution in [0.25, 0.3) is 11.1 Å². The molecule has 0 aliphatic heterocycles. The predicted octanol–water partition coefficient (Wildman–Crippen LogP) is 6.34. The maximum absolute atomic E-state index is 13.1. The maximum Gasteiger partial charge on any atom is 0.456 e. The monoisotopic (exact) mass is 483 g/mol. The largest absolute Gasteiger partial charge is 0.506 e. The van der Waals surface area contributed by atoms with Crippen LogP contribution in [0, 0.1) is 0 Å². The molecule has 0 bridgehead atoms. The lowest BCUT2D eigenvalue weighted by Gasteiger charge is -2.23. The molecule has 182 valence electrons. The van der Waals surface area contributed by atoms with E-state index in [0.717, 1.165) is 17.4 Å². The average Bonchev–Trinajstić information content (AvgIpc) is 2.95. The number of halogens is 6. The lowest BCUT2D eigenvalue weighted by Crippen LogP contribution is -2.40. The number of aromatic hydroxyl groups is 1. The Morgan fingerprint density at radius 1 is 0.765 bits per heavy atom. The highest BCUT2D eigenvalue weighted by molar-refractivity contribution is 5.83. The summed E-state index contributed by atoms with van der Waals surface area (Å²) in [5.74, 6) is -6.05. The molecule has 4 nitrogen and oxygen atoms in total.